The number of quaternary nitrogens is 1. The van der Waals surface area contributed by atoms with Crippen LogP contribution in [0.5, 0.6) is 0 Å². The van der Waals surface area contributed by atoms with Crippen LogP contribution in [0.1, 0.15) is 53.0 Å². The molecule has 5 nitrogen and oxygen atoms in total. The molecule has 1 amide bonds. The number of para-hydroxylation sites is 1. The highest BCUT2D eigenvalue weighted by Gasteiger charge is 2.31. The Labute approximate surface area is 182 Å². The standard InChI is InChI=1S/C24H30N4OS/c1-17-8-6-7-11-21(17)28-24-20(18(2)25-28)16-22(30-24)23(29)27-14-12-26(13-15-27)19-9-4-3-5-10-19/h6-8,11,16,19H,3-5,9-10,12-15H2,1-2H3/p+1. The predicted molar refractivity (Wildman–Crippen MR) is 122 cm³/mol. The molecule has 3 aromatic rings. The molecule has 2 fully saturated rings. The molecule has 0 spiro atoms. The van der Waals surface area contributed by atoms with Gasteiger partial charge in [0, 0.05) is 5.39 Å². The number of nitrogens with zero attached hydrogens (tertiary/aromatic N) is 3. The SMILES string of the molecule is Cc1ccccc1-n1nc(C)c2cc(C(=O)N3CC[NH+](C4CCCCC4)CC3)sc21. The highest BCUT2D eigenvalue weighted by Crippen LogP contribution is 2.32. The van der Waals surface area contributed by atoms with Crippen LogP contribution in [-0.4, -0.2) is 52.8 Å². The molecule has 0 atom stereocenters. The highest BCUT2D eigenvalue weighted by molar-refractivity contribution is 7.20. The highest BCUT2D eigenvalue weighted by atomic mass is 32.1. The molecule has 1 saturated carbocycles. The molecule has 1 saturated heterocycles. The van der Waals surface area contributed by atoms with E-state index in [4.69, 9.17) is 5.10 Å². The first-order valence-corrected chi connectivity index (χ1v) is 12.1. The summed E-state index contributed by atoms with van der Waals surface area (Å²) in [6.07, 6.45) is 6.91. The summed E-state index contributed by atoms with van der Waals surface area (Å²) >= 11 is 1.58. The number of nitrogens with one attached hydrogen (secondary N) is 1. The fraction of sp³-hybridized carbons (Fsp3) is 0.500. The fourth-order valence-corrected chi connectivity index (χ4v) is 6.33. The smallest absolute Gasteiger partial charge is 0.264 e. The van der Waals surface area contributed by atoms with E-state index in [1.807, 2.05) is 23.7 Å². The fourth-order valence-electron chi connectivity index (χ4n) is 5.19. The summed E-state index contributed by atoms with van der Waals surface area (Å²) in [5.74, 6) is 0.189. The molecule has 158 valence electrons. The van der Waals surface area contributed by atoms with Crippen molar-refractivity contribution in [2.24, 2.45) is 0 Å². The van der Waals surface area contributed by atoms with Gasteiger partial charge in [0.2, 0.25) is 0 Å². The summed E-state index contributed by atoms with van der Waals surface area (Å²) in [7, 11) is 0. The van der Waals surface area contributed by atoms with E-state index in [-0.39, 0.29) is 5.91 Å². The van der Waals surface area contributed by atoms with Gasteiger partial charge in [-0.3, -0.25) is 4.79 Å². The van der Waals surface area contributed by atoms with Crippen molar-refractivity contribution >= 4 is 27.5 Å². The molecule has 1 aromatic carbocycles. The summed E-state index contributed by atoms with van der Waals surface area (Å²) in [5, 5.41) is 5.85. The van der Waals surface area contributed by atoms with Gasteiger partial charge in [-0.15, -0.1) is 11.3 Å². The minimum Gasteiger partial charge on any atom is -0.330 e. The zero-order valence-electron chi connectivity index (χ0n) is 18.0. The van der Waals surface area contributed by atoms with E-state index in [1.165, 1.54) is 37.7 Å². The molecule has 2 aromatic heterocycles. The number of hydrogen-bond acceptors (Lipinski definition) is 3. The lowest BCUT2D eigenvalue weighted by molar-refractivity contribution is -0.930. The van der Waals surface area contributed by atoms with Crippen molar-refractivity contribution in [1.82, 2.24) is 14.7 Å². The van der Waals surface area contributed by atoms with E-state index >= 15 is 0 Å². The molecule has 1 N–H and O–H groups in total. The van der Waals surface area contributed by atoms with E-state index < -0.39 is 0 Å². The van der Waals surface area contributed by atoms with Crippen molar-refractivity contribution in [3.63, 3.8) is 0 Å². The number of rotatable bonds is 3. The summed E-state index contributed by atoms with van der Waals surface area (Å²) < 4.78 is 2.01. The third-order valence-electron chi connectivity index (χ3n) is 6.97. The minimum atomic E-state index is 0.189. The number of piperazine rings is 1. The molecule has 30 heavy (non-hydrogen) atoms. The lowest BCUT2D eigenvalue weighted by Crippen LogP contribution is -3.18. The summed E-state index contributed by atoms with van der Waals surface area (Å²) in [6.45, 7) is 8.08. The molecule has 2 aliphatic rings. The van der Waals surface area contributed by atoms with Gasteiger partial charge in [-0.1, -0.05) is 24.6 Å². The number of carbonyl (C=O) groups excluding carboxylic acids is 1. The van der Waals surface area contributed by atoms with E-state index in [9.17, 15) is 4.79 Å². The predicted octanol–water partition coefficient (Wildman–Crippen LogP) is 3.38. The molecular weight excluding hydrogens is 392 g/mol. The Morgan fingerprint density at radius 1 is 1.10 bits per heavy atom. The van der Waals surface area contributed by atoms with Gasteiger partial charge in [-0.25, -0.2) is 4.68 Å². The largest absolute Gasteiger partial charge is 0.330 e. The van der Waals surface area contributed by atoms with Crippen LogP contribution < -0.4 is 4.90 Å². The van der Waals surface area contributed by atoms with Crippen molar-refractivity contribution in [3.05, 3.63) is 46.5 Å². The normalized spacial score (nSPS) is 18.9. The van der Waals surface area contributed by atoms with Crippen molar-refractivity contribution in [2.75, 3.05) is 26.2 Å². The van der Waals surface area contributed by atoms with Crippen LogP contribution in [0.3, 0.4) is 0 Å². The summed E-state index contributed by atoms with van der Waals surface area (Å²) in [4.78, 5) is 19.0. The number of thiophene rings is 1. The molecule has 0 unspecified atom stereocenters. The molecule has 0 bridgehead atoms. The zero-order chi connectivity index (χ0) is 20.7. The maximum atomic E-state index is 13.3. The first-order chi connectivity index (χ1) is 14.6. The van der Waals surface area contributed by atoms with Crippen molar-refractivity contribution in [2.45, 2.75) is 52.0 Å². The Morgan fingerprint density at radius 2 is 1.83 bits per heavy atom. The Kier molecular flexibility index (Phi) is 5.37. The maximum Gasteiger partial charge on any atom is 0.264 e. The number of aryl methyl sites for hydroxylation is 2. The number of benzene rings is 1. The summed E-state index contributed by atoms with van der Waals surface area (Å²) in [5.41, 5.74) is 3.25. The van der Waals surface area contributed by atoms with Crippen LogP contribution in [0.15, 0.2) is 30.3 Å². The van der Waals surface area contributed by atoms with Gasteiger partial charge in [-0.2, -0.15) is 5.10 Å². The van der Waals surface area contributed by atoms with E-state index in [2.05, 4.69) is 30.0 Å². The van der Waals surface area contributed by atoms with Crippen LogP contribution in [-0.2, 0) is 0 Å². The van der Waals surface area contributed by atoms with Crippen molar-refractivity contribution < 1.29 is 9.69 Å². The van der Waals surface area contributed by atoms with Crippen LogP contribution in [0.25, 0.3) is 15.9 Å². The Bertz CT molecular complexity index is 1050. The van der Waals surface area contributed by atoms with Gasteiger partial charge in [0.15, 0.2) is 0 Å². The second kappa shape index (κ2) is 8.16. The van der Waals surface area contributed by atoms with Gasteiger partial charge in [0.05, 0.1) is 48.5 Å². The topological polar surface area (TPSA) is 42.6 Å². The third kappa shape index (κ3) is 3.56. The third-order valence-corrected chi connectivity index (χ3v) is 8.07. The van der Waals surface area contributed by atoms with Crippen molar-refractivity contribution in [3.8, 4) is 5.69 Å². The van der Waals surface area contributed by atoms with Gasteiger partial charge in [0.25, 0.3) is 5.91 Å². The second-order valence-corrected chi connectivity index (χ2v) is 9.93. The quantitative estimate of drug-likeness (QED) is 0.702. The molecule has 0 radical (unpaired) electrons. The number of amides is 1. The Hall–Kier alpha value is -2.18. The molecule has 6 heteroatoms. The number of aromatic nitrogens is 2. The molecule has 5 rings (SSSR count). The van der Waals surface area contributed by atoms with E-state index in [1.54, 1.807) is 16.2 Å². The van der Waals surface area contributed by atoms with E-state index in [0.717, 1.165) is 58.7 Å². The van der Waals surface area contributed by atoms with Gasteiger partial charge >= 0.3 is 0 Å². The molecule has 1 aliphatic carbocycles. The number of hydrogen-bond donors (Lipinski definition) is 1. The average Bonchev–Trinajstić information content (AvgIpc) is 3.35. The van der Waals surface area contributed by atoms with E-state index in [0.29, 0.717) is 0 Å². The monoisotopic (exact) mass is 423 g/mol. The van der Waals surface area contributed by atoms with Crippen LogP contribution in [0.2, 0.25) is 0 Å². The molecule has 3 heterocycles. The Morgan fingerprint density at radius 3 is 2.57 bits per heavy atom. The van der Waals surface area contributed by atoms with Gasteiger partial charge < -0.3 is 9.80 Å². The zero-order valence-corrected chi connectivity index (χ0v) is 18.8. The van der Waals surface area contributed by atoms with Crippen LogP contribution >= 0.6 is 11.3 Å². The maximum absolute atomic E-state index is 13.3. The first-order valence-electron chi connectivity index (χ1n) is 11.3. The minimum absolute atomic E-state index is 0.189. The Balaban J connectivity index is 1.35. The van der Waals surface area contributed by atoms with Crippen molar-refractivity contribution in [1.29, 1.82) is 0 Å². The number of fused-ring (bicyclic) bond motifs is 1. The van der Waals surface area contributed by atoms with Gasteiger partial charge in [0.1, 0.15) is 4.83 Å². The summed E-state index contributed by atoms with van der Waals surface area (Å²) in [6, 6.07) is 11.2. The second-order valence-electron chi connectivity index (χ2n) is 8.90. The lowest BCUT2D eigenvalue weighted by Gasteiger charge is -2.37. The van der Waals surface area contributed by atoms with Gasteiger partial charge in [-0.05, 0) is 57.2 Å². The number of carbonyl (C=O) groups is 1. The molecular formula is C24H31N4OS+. The van der Waals surface area contributed by atoms with Crippen LogP contribution in [0.4, 0.5) is 0 Å². The lowest BCUT2D eigenvalue weighted by atomic mass is 9.94. The average molecular weight is 424 g/mol. The first kappa shape index (κ1) is 19.8. The van der Waals surface area contributed by atoms with Crippen LogP contribution in [0, 0.1) is 13.8 Å². The molecule has 1 aliphatic heterocycles.